The molecule has 0 bridgehead atoms. The number of aliphatic imine (C=N–C) groups is 1. The van der Waals surface area contributed by atoms with Crippen LogP contribution in [0.3, 0.4) is 0 Å². The van der Waals surface area contributed by atoms with Crippen LogP contribution in [0.4, 0.5) is 11.4 Å². The number of likely N-dealkylation sites (N-methyl/N-ethyl adjacent to an activating group) is 1. The Morgan fingerprint density at radius 3 is 2.77 bits per heavy atom. The summed E-state index contributed by atoms with van der Waals surface area (Å²) in [6.07, 6.45) is 8.56. The van der Waals surface area contributed by atoms with Gasteiger partial charge in [0.25, 0.3) is 0 Å². The highest BCUT2D eigenvalue weighted by Crippen LogP contribution is 2.49. The van der Waals surface area contributed by atoms with Gasteiger partial charge >= 0.3 is 0 Å². The molecule has 2 unspecified atom stereocenters. The predicted octanol–water partition coefficient (Wildman–Crippen LogP) is 7.39. The minimum atomic E-state index is -0.0982. The molecule has 31 heavy (non-hydrogen) atoms. The van der Waals surface area contributed by atoms with Gasteiger partial charge in [-0.3, -0.25) is 4.99 Å². The third kappa shape index (κ3) is 2.74. The van der Waals surface area contributed by atoms with E-state index in [0.717, 1.165) is 29.9 Å². The highest BCUT2D eigenvalue weighted by molar-refractivity contribution is 6.13. The molecule has 2 aliphatic heterocycles. The molecule has 2 nitrogen and oxygen atoms in total. The standard InChI is InChI=1S/C29H30N2/c1-4-31-25-11-7-10-22(25)23-18-19(12-16-26(23)31)13-17-27-29(2,3)28-21-9-6-5-8-20(21)14-15-24(28)30-27/h5-6,8-9,12-18,22,25H,4,7,10-11H2,1-3H3/b17-13+. The maximum absolute atomic E-state index is 5.04. The number of anilines is 1. The molecule has 0 saturated heterocycles. The largest absolute Gasteiger partial charge is 0.368 e. The Kier molecular flexibility index (Phi) is 4.15. The van der Waals surface area contributed by atoms with E-state index < -0.39 is 0 Å². The third-order valence-corrected chi connectivity index (χ3v) is 7.83. The van der Waals surface area contributed by atoms with Crippen LogP contribution in [0.15, 0.2) is 65.7 Å². The molecule has 1 aliphatic carbocycles. The smallest absolute Gasteiger partial charge is 0.0681 e. The normalized spacial score (nSPS) is 23.3. The quantitative estimate of drug-likeness (QED) is 0.443. The third-order valence-electron chi connectivity index (χ3n) is 7.83. The van der Waals surface area contributed by atoms with Crippen LogP contribution < -0.4 is 4.90 Å². The zero-order chi connectivity index (χ0) is 21.2. The highest BCUT2D eigenvalue weighted by atomic mass is 15.2. The first-order valence-corrected chi connectivity index (χ1v) is 11.8. The number of rotatable bonds is 3. The van der Waals surface area contributed by atoms with E-state index in [-0.39, 0.29) is 5.41 Å². The molecule has 0 N–H and O–H groups in total. The van der Waals surface area contributed by atoms with Crippen molar-refractivity contribution >= 4 is 33.9 Å². The van der Waals surface area contributed by atoms with E-state index >= 15 is 0 Å². The Morgan fingerprint density at radius 1 is 1.03 bits per heavy atom. The van der Waals surface area contributed by atoms with Gasteiger partial charge in [0.05, 0.1) is 11.4 Å². The van der Waals surface area contributed by atoms with Gasteiger partial charge in [-0.25, -0.2) is 0 Å². The van der Waals surface area contributed by atoms with Crippen LogP contribution >= 0.6 is 0 Å². The van der Waals surface area contributed by atoms with Crippen molar-refractivity contribution in [3.05, 3.63) is 77.4 Å². The summed E-state index contributed by atoms with van der Waals surface area (Å²) in [6.45, 7) is 8.01. The molecule has 1 fully saturated rings. The number of nitrogens with zero attached hydrogens (tertiary/aromatic N) is 2. The molecule has 0 radical (unpaired) electrons. The summed E-state index contributed by atoms with van der Waals surface area (Å²) in [5, 5.41) is 2.61. The predicted molar refractivity (Wildman–Crippen MR) is 133 cm³/mol. The van der Waals surface area contributed by atoms with Crippen molar-refractivity contribution in [3.63, 3.8) is 0 Å². The van der Waals surface area contributed by atoms with Crippen LogP contribution in [-0.4, -0.2) is 18.3 Å². The molecule has 156 valence electrons. The van der Waals surface area contributed by atoms with Gasteiger partial charge in [0, 0.05) is 29.6 Å². The second-order valence-electron chi connectivity index (χ2n) is 9.85. The first-order chi connectivity index (χ1) is 15.1. The van der Waals surface area contributed by atoms with Crippen molar-refractivity contribution in [2.75, 3.05) is 11.4 Å². The molecule has 2 heterocycles. The average molecular weight is 407 g/mol. The van der Waals surface area contributed by atoms with Crippen LogP contribution in [0.25, 0.3) is 16.8 Å². The molecular weight excluding hydrogens is 376 g/mol. The summed E-state index contributed by atoms with van der Waals surface area (Å²) < 4.78 is 0. The van der Waals surface area contributed by atoms with Crippen LogP contribution in [0.5, 0.6) is 0 Å². The van der Waals surface area contributed by atoms with Crippen molar-refractivity contribution in [2.24, 2.45) is 4.99 Å². The Balaban J connectivity index is 1.34. The van der Waals surface area contributed by atoms with Gasteiger partial charge in [-0.2, -0.15) is 0 Å². The highest BCUT2D eigenvalue weighted by Gasteiger charge is 2.40. The minimum absolute atomic E-state index is 0.0982. The van der Waals surface area contributed by atoms with Crippen LogP contribution in [0.2, 0.25) is 0 Å². The van der Waals surface area contributed by atoms with Crippen LogP contribution in [0.1, 0.15) is 62.6 Å². The first-order valence-electron chi connectivity index (χ1n) is 11.8. The van der Waals surface area contributed by atoms with Crippen molar-refractivity contribution in [2.45, 2.75) is 57.4 Å². The van der Waals surface area contributed by atoms with Crippen molar-refractivity contribution in [3.8, 4) is 0 Å². The van der Waals surface area contributed by atoms with E-state index in [1.807, 2.05) is 0 Å². The van der Waals surface area contributed by atoms with Crippen LogP contribution in [-0.2, 0) is 5.41 Å². The number of allylic oxidation sites excluding steroid dienone is 1. The fraction of sp³-hybridized carbons (Fsp3) is 0.345. The number of benzene rings is 3. The molecule has 3 aliphatic rings. The van der Waals surface area contributed by atoms with Crippen molar-refractivity contribution in [1.82, 2.24) is 0 Å². The zero-order valence-electron chi connectivity index (χ0n) is 18.7. The molecule has 0 amide bonds. The van der Waals surface area contributed by atoms with E-state index in [4.69, 9.17) is 4.99 Å². The molecule has 2 heteroatoms. The van der Waals surface area contributed by atoms with Gasteiger partial charge in [0.1, 0.15) is 0 Å². The molecule has 3 aromatic carbocycles. The topological polar surface area (TPSA) is 15.6 Å². The van der Waals surface area contributed by atoms with Crippen LogP contribution in [0, 0.1) is 0 Å². The molecular formula is C29H30N2. The van der Waals surface area contributed by atoms with Gasteiger partial charge in [-0.05, 0) is 71.5 Å². The fourth-order valence-electron chi connectivity index (χ4n) is 6.32. The number of hydrogen-bond acceptors (Lipinski definition) is 2. The Labute approximate surface area is 185 Å². The van der Waals surface area contributed by atoms with Crippen molar-refractivity contribution < 1.29 is 0 Å². The zero-order valence-corrected chi connectivity index (χ0v) is 18.7. The summed E-state index contributed by atoms with van der Waals surface area (Å²) in [5.74, 6) is 0.721. The van der Waals surface area contributed by atoms with Gasteiger partial charge in [-0.1, -0.05) is 62.7 Å². The fourth-order valence-corrected chi connectivity index (χ4v) is 6.32. The average Bonchev–Trinajstić information content (AvgIpc) is 3.43. The van der Waals surface area contributed by atoms with Gasteiger partial charge in [0.15, 0.2) is 0 Å². The maximum atomic E-state index is 5.04. The van der Waals surface area contributed by atoms with E-state index in [9.17, 15) is 0 Å². The van der Waals surface area contributed by atoms with Gasteiger partial charge in [-0.15, -0.1) is 0 Å². The Hall–Kier alpha value is -2.87. The van der Waals surface area contributed by atoms with E-state index in [0.29, 0.717) is 0 Å². The molecule has 0 aromatic heterocycles. The molecule has 0 spiro atoms. The van der Waals surface area contributed by atoms with Crippen molar-refractivity contribution in [1.29, 1.82) is 0 Å². The molecule has 2 atom stereocenters. The summed E-state index contributed by atoms with van der Waals surface area (Å²) >= 11 is 0. The van der Waals surface area contributed by atoms with E-state index in [2.05, 4.69) is 92.4 Å². The maximum Gasteiger partial charge on any atom is 0.0681 e. The molecule has 3 aromatic rings. The SMILES string of the molecule is CCN1c2ccc(/C=C/C3=Nc4ccc5ccccc5c4C3(C)C)cc2C2CCCC21. The number of hydrogen-bond donors (Lipinski definition) is 0. The van der Waals surface area contributed by atoms with Gasteiger partial charge in [0.2, 0.25) is 0 Å². The van der Waals surface area contributed by atoms with E-state index in [1.54, 1.807) is 5.56 Å². The Morgan fingerprint density at radius 2 is 1.90 bits per heavy atom. The first kappa shape index (κ1) is 18.9. The lowest BCUT2D eigenvalue weighted by molar-refractivity contribution is 0.601. The second-order valence-corrected chi connectivity index (χ2v) is 9.85. The van der Waals surface area contributed by atoms with Gasteiger partial charge < -0.3 is 4.90 Å². The van der Waals surface area contributed by atoms with E-state index in [1.165, 1.54) is 46.8 Å². The lowest BCUT2D eigenvalue weighted by atomic mass is 9.79. The summed E-state index contributed by atoms with van der Waals surface area (Å²) in [4.78, 5) is 7.67. The monoisotopic (exact) mass is 406 g/mol. The second kappa shape index (κ2) is 6.82. The summed E-state index contributed by atoms with van der Waals surface area (Å²) in [6, 6.07) is 20.8. The summed E-state index contributed by atoms with van der Waals surface area (Å²) in [7, 11) is 0. The summed E-state index contributed by atoms with van der Waals surface area (Å²) in [5.41, 5.74) is 7.84. The number of fused-ring (bicyclic) bond motifs is 6. The molecule has 6 rings (SSSR count). The minimum Gasteiger partial charge on any atom is -0.368 e. The lowest BCUT2D eigenvalue weighted by Gasteiger charge is -2.25. The Bertz CT molecular complexity index is 1250. The lowest BCUT2D eigenvalue weighted by Crippen LogP contribution is -2.30. The molecule has 1 saturated carbocycles.